The van der Waals surface area contributed by atoms with E-state index in [1.807, 2.05) is 0 Å². The van der Waals surface area contributed by atoms with Crippen LogP contribution in [-0.2, 0) is 0 Å². The zero-order valence-electron chi connectivity index (χ0n) is 12.3. The fourth-order valence-electron chi connectivity index (χ4n) is 4.12. The number of benzene rings is 1. The van der Waals surface area contributed by atoms with Crippen LogP contribution in [0.2, 0.25) is 0 Å². The molecule has 0 radical (unpaired) electrons. The molecular weight excluding hydrogens is 234 g/mol. The van der Waals surface area contributed by atoms with E-state index < -0.39 is 0 Å². The van der Waals surface area contributed by atoms with Crippen LogP contribution in [0.15, 0.2) is 18.2 Å². The molecule has 19 heavy (non-hydrogen) atoms. The third-order valence-electron chi connectivity index (χ3n) is 5.33. The molecule has 0 saturated carbocycles. The lowest BCUT2D eigenvalue weighted by Gasteiger charge is -2.38. The predicted octanol–water partition coefficient (Wildman–Crippen LogP) is 3.21. The van der Waals surface area contributed by atoms with Crippen LogP contribution in [0.5, 0.6) is 0 Å². The summed E-state index contributed by atoms with van der Waals surface area (Å²) in [6.45, 7) is 4.23. The van der Waals surface area contributed by atoms with Crippen LogP contribution >= 0.6 is 0 Å². The Bertz CT molecular complexity index is 456. The molecule has 1 N–H and O–H groups in total. The van der Waals surface area contributed by atoms with E-state index in [1.165, 1.54) is 24.0 Å². The molecule has 0 aromatic heterocycles. The summed E-state index contributed by atoms with van der Waals surface area (Å²) in [6, 6.07) is 7.82. The maximum absolute atomic E-state index is 10.7. The minimum Gasteiger partial charge on any atom is -0.388 e. The van der Waals surface area contributed by atoms with E-state index in [4.69, 9.17) is 0 Å². The molecule has 2 aliphatic heterocycles. The van der Waals surface area contributed by atoms with Gasteiger partial charge in [-0.3, -0.25) is 0 Å². The zero-order chi connectivity index (χ0) is 13.6. The fraction of sp³-hybridized carbons (Fsp3) is 0.647. The monoisotopic (exact) mass is 259 g/mol. The molecule has 2 aliphatic rings. The van der Waals surface area contributed by atoms with Gasteiger partial charge >= 0.3 is 0 Å². The summed E-state index contributed by atoms with van der Waals surface area (Å²) in [7, 11) is 2.25. The quantitative estimate of drug-likeness (QED) is 0.881. The molecule has 2 fully saturated rings. The fourth-order valence-corrected chi connectivity index (χ4v) is 4.12. The minimum atomic E-state index is -0.280. The highest BCUT2D eigenvalue weighted by Gasteiger charge is 2.41. The Morgan fingerprint density at radius 1 is 1.16 bits per heavy atom. The van der Waals surface area contributed by atoms with Crippen LogP contribution in [0.25, 0.3) is 0 Å². The van der Waals surface area contributed by atoms with E-state index in [9.17, 15) is 5.11 Å². The Hall–Kier alpha value is -0.860. The number of rotatable bonds is 2. The van der Waals surface area contributed by atoms with Gasteiger partial charge in [-0.25, -0.2) is 0 Å². The predicted molar refractivity (Wildman–Crippen MR) is 78.2 cm³/mol. The summed E-state index contributed by atoms with van der Waals surface area (Å²) in [5.41, 5.74) is 3.65. The van der Waals surface area contributed by atoms with Gasteiger partial charge in [0, 0.05) is 12.1 Å². The summed E-state index contributed by atoms with van der Waals surface area (Å²) < 4.78 is 0. The van der Waals surface area contributed by atoms with E-state index in [2.05, 4.69) is 44.0 Å². The molecular formula is C17H25NO. The van der Waals surface area contributed by atoms with Gasteiger partial charge in [0.1, 0.15) is 0 Å². The molecule has 104 valence electrons. The molecule has 0 amide bonds. The lowest BCUT2D eigenvalue weighted by molar-refractivity contribution is 0.0353. The SMILES string of the molecule is Cc1ccc(C(O)C2CC3CCC(C2)N3C)c(C)c1. The van der Waals surface area contributed by atoms with Crippen molar-refractivity contribution < 1.29 is 5.11 Å². The molecule has 1 aromatic rings. The normalized spacial score (nSPS) is 32.5. The molecule has 3 rings (SSSR count). The van der Waals surface area contributed by atoms with Crippen molar-refractivity contribution in [3.63, 3.8) is 0 Å². The van der Waals surface area contributed by atoms with Crippen molar-refractivity contribution in [2.45, 2.75) is 57.7 Å². The summed E-state index contributed by atoms with van der Waals surface area (Å²) in [5.74, 6) is 0.440. The summed E-state index contributed by atoms with van der Waals surface area (Å²) in [6.07, 6.45) is 4.66. The molecule has 2 saturated heterocycles. The number of hydrogen-bond acceptors (Lipinski definition) is 2. The van der Waals surface area contributed by atoms with Crippen LogP contribution < -0.4 is 0 Å². The maximum Gasteiger partial charge on any atom is 0.0821 e. The third-order valence-corrected chi connectivity index (χ3v) is 5.33. The van der Waals surface area contributed by atoms with Gasteiger partial charge in [-0.2, -0.15) is 0 Å². The smallest absolute Gasteiger partial charge is 0.0821 e. The highest BCUT2D eigenvalue weighted by molar-refractivity contribution is 5.32. The minimum absolute atomic E-state index is 0.280. The number of aliphatic hydroxyl groups is 1. The summed E-state index contributed by atoms with van der Waals surface area (Å²) in [4.78, 5) is 2.53. The number of aryl methyl sites for hydroxylation is 2. The first-order valence-corrected chi connectivity index (χ1v) is 7.53. The molecule has 2 bridgehead atoms. The molecule has 0 spiro atoms. The Morgan fingerprint density at radius 3 is 2.37 bits per heavy atom. The van der Waals surface area contributed by atoms with Crippen molar-refractivity contribution in [1.82, 2.24) is 4.90 Å². The van der Waals surface area contributed by atoms with E-state index in [-0.39, 0.29) is 6.10 Å². The zero-order valence-corrected chi connectivity index (χ0v) is 12.3. The first-order chi connectivity index (χ1) is 9.06. The summed E-state index contributed by atoms with van der Waals surface area (Å²) in [5, 5.41) is 10.7. The average molecular weight is 259 g/mol. The van der Waals surface area contributed by atoms with Crippen molar-refractivity contribution in [3.05, 3.63) is 34.9 Å². The van der Waals surface area contributed by atoms with Crippen molar-refractivity contribution in [3.8, 4) is 0 Å². The number of aliphatic hydroxyl groups excluding tert-OH is 1. The van der Waals surface area contributed by atoms with Crippen LogP contribution in [0.1, 0.15) is 48.5 Å². The van der Waals surface area contributed by atoms with Crippen LogP contribution in [0.4, 0.5) is 0 Å². The van der Waals surface area contributed by atoms with Gasteiger partial charge in [-0.15, -0.1) is 0 Å². The van der Waals surface area contributed by atoms with E-state index >= 15 is 0 Å². The molecule has 3 unspecified atom stereocenters. The Morgan fingerprint density at radius 2 is 1.79 bits per heavy atom. The van der Waals surface area contributed by atoms with E-state index in [1.54, 1.807) is 0 Å². The molecule has 2 heteroatoms. The highest BCUT2D eigenvalue weighted by atomic mass is 16.3. The second kappa shape index (κ2) is 4.92. The van der Waals surface area contributed by atoms with Crippen molar-refractivity contribution >= 4 is 0 Å². The van der Waals surface area contributed by atoms with E-state index in [0.717, 1.165) is 18.4 Å². The molecule has 2 heterocycles. The average Bonchev–Trinajstić information content (AvgIpc) is 2.61. The van der Waals surface area contributed by atoms with Gasteiger partial charge in [0.25, 0.3) is 0 Å². The molecule has 2 nitrogen and oxygen atoms in total. The Labute approximate surface area is 116 Å². The standard InChI is InChI=1S/C17H25NO/c1-11-4-7-16(12(2)8-11)17(19)13-9-14-5-6-15(10-13)18(14)3/h4,7-8,13-15,17,19H,5-6,9-10H2,1-3H3. The Kier molecular flexibility index (Phi) is 3.40. The summed E-state index contributed by atoms with van der Waals surface area (Å²) >= 11 is 0. The van der Waals surface area contributed by atoms with Crippen LogP contribution in [0, 0.1) is 19.8 Å². The number of nitrogens with zero attached hydrogens (tertiary/aromatic N) is 1. The number of fused-ring (bicyclic) bond motifs is 2. The van der Waals surface area contributed by atoms with Crippen LogP contribution in [-0.4, -0.2) is 29.1 Å². The largest absolute Gasteiger partial charge is 0.388 e. The molecule has 1 aromatic carbocycles. The molecule has 0 aliphatic carbocycles. The topological polar surface area (TPSA) is 23.5 Å². The van der Waals surface area contributed by atoms with Gasteiger partial charge in [0.15, 0.2) is 0 Å². The highest BCUT2D eigenvalue weighted by Crippen LogP contribution is 2.42. The second-order valence-electron chi connectivity index (χ2n) is 6.59. The maximum atomic E-state index is 10.7. The first kappa shape index (κ1) is 13.1. The third kappa shape index (κ3) is 2.32. The van der Waals surface area contributed by atoms with Gasteiger partial charge in [-0.1, -0.05) is 23.8 Å². The van der Waals surface area contributed by atoms with Crippen molar-refractivity contribution in [2.24, 2.45) is 5.92 Å². The molecule has 3 atom stereocenters. The lowest BCUT2D eigenvalue weighted by Crippen LogP contribution is -2.41. The first-order valence-electron chi connectivity index (χ1n) is 7.53. The Balaban J connectivity index is 1.79. The van der Waals surface area contributed by atoms with Crippen molar-refractivity contribution in [1.29, 1.82) is 0 Å². The number of piperidine rings is 1. The van der Waals surface area contributed by atoms with Gasteiger partial charge in [0.05, 0.1) is 6.10 Å². The van der Waals surface area contributed by atoms with Gasteiger partial charge in [-0.05, 0) is 63.6 Å². The van der Waals surface area contributed by atoms with E-state index in [0.29, 0.717) is 18.0 Å². The van der Waals surface area contributed by atoms with Gasteiger partial charge in [0.2, 0.25) is 0 Å². The van der Waals surface area contributed by atoms with Crippen LogP contribution in [0.3, 0.4) is 0 Å². The number of hydrogen-bond donors (Lipinski definition) is 1. The van der Waals surface area contributed by atoms with Crippen molar-refractivity contribution in [2.75, 3.05) is 7.05 Å². The van der Waals surface area contributed by atoms with Gasteiger partial charge < -0.3 is 10.0 Å². The second-order valence-corrected chi connectivity index (χ2v) is 6.59. The lowest BCUT2D eigenvalue weighted by atomic mass is 9.82.